The highest BCUT2D eigenvalue weighted by molar-refractivity contribution is 6.37. The lowest BCUT2D eigenvalue weighted by Gasteiger charge is -2.15. The molecule has 1 aliphatic rings. The van der Waals surface area contributed by atoms with E-state index in [1.54, 1.807) is 6.07 Å². The van der Waals surface area contributed by atoms with E-state index in [1.165, 1.54) is 12.1 Å². The van der Waals surface area contributed by atoms with E-state index in [9.17, 15) is 14.9 Å². The molecule has 0 saturated carbocycles. The first kappa shape index (κ1) is 21.1. The number of nitro groups is 1. The van der Waals surface area contributed by atoms with Crippen LogP contribution >= 0.6 is 0 Å². The van der Waals surface area contributed by atoms with Crippen molar-refractivity contribution in [1.82, 2.24) is 9.97 Å². The third-order valence-electron chi connectivity index (χ3n) is 5.69. The van der Waals surface area contributed by atoms with E-state index in [0.717, 1.165) is 34.8 Å². The van der Waals surface area contributed by atoms with Crippen LogP contribution in [0.25, 0.3) is 22.5 Å². The van der Waals surface area contributed by atoms with Gasteiger partial charge in [-0.3, -0.25) is 14.9 Å². The maximum Gasteiger partial charge on any atom is 0.270 e. The van der Waals surface area contributed by atoms with Crippen molar-refractivity contribution >= 4 is 34.2 Å². The van der Waals surface area contributed by atoms with E-state index >= 15 is 0 Å². The number of anilines is 2. The number of aryl methyl sites for hydroxylation is 1. The van der Waals surface area contributed by atoms with Gasteiger partial charge in [-0.2, -0.15) is 0 Å². The second kappa shape index (κ2) is 8.67. The number of rotatable bonds is 6. The van der Waals surface area contributed by atoms with Gasteiger partial charge in [0, 0.05) is 47.3 Å². The molecule has 3 aromatic carbocycles. The van der Waals surface area contributed by atoms with Crippen LogP contribution in [-0.2, 0) is 11.2 Å². The molecular formula is C26H21N5O3. The topological polar surface area (TPSA) is 113 Å². The zero-order valence-electron chi connectivity index (χ0n) is 18.3. The van der Waals surface area contributed by atoms with Gasteiger partial charge in [0.25, 0.3) is 11.6 Å². The molecule has 0 radical (unpaired) electrons. The molecule has 0 aliphatic carbocycles. The second-order valence-electron chi connectivity index (χ2n) is 7.85. The summed E-state index contributed by atoms with van der Waals surface area (Å²) in [7, 11) is 0. The number of aromatic nitrogens is 2. The van der Waals surface area contributed by atoms with E-state index < -0.39 is 4.92 Å². The summed E-state index contributed by atoms with van der Waals surface area (Å²) in [6, 6.07) is 21.6. The zero-order valence-corrected chi connectivity index (χ0v) is 18.3. The Balaban J connectivity index is 1.57. The SMILES string of the molecule is CCc1nc(-c2ccc(N/C(=C3\C(=O)Nc4ccc([N+](=O)[O-])cc43)c3ccccc3)cc2)c[nH]1. The predicted molar refractivity (Wildman–Crippen MR) is 132 cm³/mol. The van der Waals surface area contributed by atoms with Gasteiger partial charge in [-0.15, -0.1) is 0 Å². The van der Waals surface area contributed by atoms with Crippen molar-refractivity contribution in [2.45, 2.75) is 13.3 Å². The number of benzene rings is 3. The van der Waals surface area contributed by atoms with Crippen molar-refractivity contribution in [2.24, 2.45) is 0 Å². The Bertz CT molecular complexity index is 1420. The summed E-state index contributed by atoms with van der Waals surface area (Å²) in [5.74, 6) is 0.607. The number of hydrogen-bond acceptors (Lipinski definition) is 5. The lowest BCUT2D eigenvalue weighted by Crippen LogP contribution is -2.10. The van der Waals surface area contributed by atoms with Gasteiger partial charge in [-0.05, 0) is 23.8 Å². The highest BCUT2D eigenvalue weighted by atomic mass is 16.6. The fraction of sp³-hybridized carbons (Fsp3) is 0.0769. The van der Waals surface area contributed by atoms with Crippen LogP contribution in [0.15, 0.2) is 79.0 Å². The van der Waals surface area contributed by atoms with Crippen LogP contribution in [0.2, 0.25) is 0 Å². The molecule has 168 valence electrons. The van der Waals surface area contributed by atoms with Crippen molar-refractivity contribution in [3.05, 3.63) is 106 Å². The van der Waals surface area contributed by atoms with E-state index in [-0.39, 0.29) is 11.6 Å². The van der Waals surface area contributed by atoms with Crippen molar-refractivity contribution in [2.75, 3.05) is 10.6 Å². The first-order chi connectivity index (χ1) is 16.5. The van der Waals surface area contributed by atoms with Crippen LogP contribution in [0.4, 0.5) is 17.1 Å². The van der Waals surface area contributed by atoms with Gasteiger partial charge in [-0.25, -0.2) is 4.98 Å². The molecule has 0 fully saturated rings. The second-order valence-corrected chi connectivity index (χ2v) is 7.85. The zero-order chi connectivity index (χ0) is 23.7. The smallest absolute Gasteiger partial charge is 0.270 e. The number of aromatic amines is 1. The summed E-state index contributed by atoms with van der Waals surface area (Å²) in [6.45, 7) is 2.04. The minimum atomic E-state index is -0.464. The number of fused-ring (bicyclic) bond motifs is 1. The number of nitrogens with zero attached hydrogens (tertiary/aromatic N) is 2. The maximum absolute atomic E-state index is 13.0. The summed E-state index contributed by atoms with van der Waals surface area (Å²) < 4.78 is 0. The van der Waals surface area contributed by atoms with Crippen molar-refractivity contribution in [1.29, 1.82) is 0 Å². The molecule has 3 N–H and O–H groups in total. The number of nitrogens with one attached hydrogen (secondary N) is 3. The lowest BCUT2D eigenvalue weighted by molar-refractivity contribution is -0.384. The number of carbonyl (C=O) groups is 1. The van der Waals surface area contributed by atoms with Gasteiger partial charge in [0.05, 0.1) is 21.9 Å². The van der Waals surface area contributed by atoms with Crippen LogP contribution in [-0.4, -0.2) is 20.8 Å². The Morgan fingerprint density at radius 3 is 2.50 bits per heavy atom. The van der Waals surface area contributed by atoms with Gasteiger partial charge >= 0.3 is 0 Å². The lowest BCUT2D eigenvalue weighted by atomic mass is 9.99. The molecule has 1 amide bonds. The number of H-pyrrole nitrogens is 1. The van der Waals surface area contributed by atoms with Gasteiger partial charge in [-0.1, -0.05) is 49.4 Å². The van der Waals surface area contributed by atoms with E-state index in [1.807, 2.05) is 67.7 Å². The van der Waals surface area contributed by atoms with Crippen molar-refractivity contribution in [3.63, 3.8) is 0 Å². The normalized spacial score (nSPS) is 13.9. The molecule has 8 heteroatoms. The molecular weight excluding hydrogens is 430 g/mol. The van der Waals surface area contributed by atoms with E-state index in [0.29, 0.717) is 22.5 Å². The third kappa shape index (κ3) is 3.93. The number of nitro benzene ring substituents is 1. The molecule has 34 heavy (non-hydrogen) atoms. The van der Waals surface area contributed by atoms with Crippen LogP contribution in [0.3, 0.4) is 0 Å². The molecule has 5 rings (SSSR count). The van der Waals surface area contributed by atoms with Gasteiger partial charge in [0.2, 0.25) is 0 Å². The number of carbonyl (C=O) groups excluding carboxylic acids is 1. The Morgan fingerprint density at radius 1 is 1.06 bits per heavy atom. The highest BCUT2D eigenvalue weighted by Crippen LogP contribution is 2.39. The van der Waals surface area contributed by atoms with Gasteiger partial charge < -0.3 is 15.6 Å². The molecule has 0 bridgehead atoms. The quantitative estimate of drug-likeness (QED) is 0.204. The average molecular weight is 451 g/mol. The molecule has 0 unspecified atom stereocenters. The Hall–Kier alpha value is -4.72. The minimum absolute atomic E-state index is 0.0741. The Kier molecular flexibility index (Phi) is 5.39. The number of amides is 1. The third-order valence-corrected chi connectivity index (χ3v) is 5.69. The molecule has 0 saturated heterocycles. The number of non-ortho nitro benzene ring substituents is 1. The van der Waals surface area contributed by atoms with Crippen LogP contribution in [0.5, 0.6) is 0 Å². The van der Waals surface area contributed by atoms with Crippen molar-refractivity contribution in [3.8, 4) is 11.3 Å². The average Bonchev–Trinajstić information content (AvgIpc) is 3.47. The first-order valence-electron chi connectivity index (χ1n) is 10.8. The summed E-state index contributed by atoms with van der Waals surface area (Å²) in [5.41, 5.74) is 5.27. The largest absolute Gasteiger partial charge is 0.354 e. The minimum Gasteiger partial charge on any atom is -0.354 e. The molecule has 1 aliphatic heterocycles. The van der Waals surface area contributed by atoms with Crippen LogP contribution in [0.1, 0.15) is 23.9 Å². The fourth-order valence-corrected chi connectivity index (χ4v) is 3.96. The number of hydrogen-bond donors (Lipinski definition) is 3. The molecule has 2 heterocycles. The fourth-order valence-electron chi connectivity index (χ4n) is 3.96. The highest BCUT2D eigenvalue weighted by Gasteiger charge is 2.30. The van der Waals surface area contributed by atoms with Gasteiger partial charge in [0.15, 0.2) is 0 Å². The van der Waals surface area contributed by atoms with Gasteiger partial charge in [0.1, 0.15) is 5.82 Å². The number of imidazole rings is 1. The summed E-state index contributed by atoms with van der Waals surface area (Å²) >= 11 is 0. The summed E-state index contributed by atoms with van der Waals surface area (Å²) in [4.78, 5) is 31.6. The Morgan fingerprint density at radius 2 is 1.82 bits per heavy atom. The van der Waals surface area contributed by atoms with E-state index in [2.05, 4.69) is 20.6 Å². The first-order valence-corrected chi connectivity index (χ1v) is 10.8. The standard InChI is InChI=1S/C26H21N5O3/c1-2-23-27-15-22(29-23)16-8-10-18(11-9-16)28-25(17-6-4-3-5-7-17)24-20-14-19(31(33)34)12-13-21(20)30-26(24)32/h3-15,28H,2H2,1H3,(H,27,29)(H,30,32)/b25-24-. The molecule has 0 spiro atoms. The molecule has 8 nitrogen and oxygen atoms in total. The predicted octanol–water partition coefficient (Wildman–Crippen LogP) is 5.48. The monoisotopic (exact) mass is 451 g/mol. The summed E-state index contributed by atoms with van der Waals surface area (Å²) in [5, 5.41) is 17.5. The Labute approximate surface area is 195 Å². The van der Waals surface area contributed by atoms with Crippen molar-refractivity contribution < 1.29 is 9.72 Å². The summed E-state index contributed by atoms with van der Waals surface area (Å²) in [6.07, 6.45) is 2.71. The molecule has 4 aromatic rings. The van der Waals surface area contributed by atoms with E-state index in [4.69, 9.17) is 0 Å². The van der Waals surface area contributed by atoms with Crippen LogP contribution < -0.4 is 10.6 Å². The molecule has 1 aromatic heterocycles. The maximum atomic E-state index is 13.0. The van der Waals surface area contributed by atoms with Crippen LogP contribution in [0, 0.1) is 10.1 Å². The molecule has 0 atom stereocenters.